The molecule has 0 aromatic carbocycles. The quantitative estimate of drug-likeness (QED) is 0.820. The van der Waals surface area contributed by atoms with Crippen molar-refractivity contribution < 1.29 is 9.53 Å². The molecule has 2 aliphatic rings. The molecule has 1 aliphatic heterocycles. The van der Waals surface area contributed by atoms with Crippen molar-refractivity contribution in [3.05, 3.63) is 0 Å². The van der Waals surface area contributed by atoms with E-state index in [1.165, 1.54) is 12.8 Å². The molecule has 1 aliphatic carbocycles. The summed E-state index contributed by atoms with van der Waals surface area (Å²) in [6.07, 6.45) is 4.44. The molecule has 1 amide bonds. The number of piperidine rings is 1. The Morgan fingerprint density at radius 2 is 2.18 bits per heavy atom. The Morgan fingerprint density at radius 3 is 2.73 bits per heavy atom. The van der Waals surface area contributed by atoms with Crippen molar-refractivity contribution in [1.29, 1.82) is 0 Å². The van der Waals surface area contributed by atoms with Gasteiger partial charge >= 0.3 is 0 Å². The third-order valence-corrected chi connectivity index (χ3v) is 5.99. The molecule has 4 unspecified atom stereocenters. The number of carbonyl (C=O) groups is 1. The molecule has 4 heteroatoms. The number of hydrogen-bond donors (Lipinski definition) is 1. The summed E-state index contributed by atoms with van der Waals surface area (Å²) in [5, 5.41) is 3.45. The van der Waals surface area contributed by atoms with Crippen LogP contribution >= 0.6 is 0 Å². The highest BCUT2D eigenvalue weighted by atomic mass is 16.5. The molecule has 4 atom stereocenters. The predicted octanol–water partition coefficient (Wildman–Crippen LogP) is 2.67. The molecule has 0 aromatic heterocycles. The summed E-state index contributed by atoms with van der Waals surface area (Å²) >= 11 is 0. The lowest BCUT2D eigenvalue weighted by atomic mass is 9.63. The number of amides is 1. The molecule has 128 valence electrons. The minimum atomic E-state index is 0.0655. The van der Waals surface area contributed by atoms with Gasteiger partial charge in [-0.2, -0.15) is 0 Å². The largest absolute Gasteiger partial charge is 0.378 e. The van der Waals surface area contributed by atoms with Crippen molar-refractivity contribution in [2.75, 3.05) is 26.7 Å². The summed E-state index contributed by atoms with van der Waals surface area (Å²) in [5.41, 5.74) is 0.0655. The van der Waals surface area contributed by atoms with E-state index in [9.17, 15) is 4.79 Å². The molecule has 1 saturated heterocycles. The van der Waals surface area contributed by atoms with E-state index in [0.717, 1.165) is 26.1 Å². The first-order valence-corrected chi connectivity index (χ1v) is 8.95. The van der Waals surface area contributed by atoms with E-state index in [0.29, 0.717) is 30.2 Å². The average molecular weight is 310 g/mol. The monoisotopic (exact) mass is 310 g/mol. The minimum Gasteiger partial charge on any atom is -0.378 e. The van der Waals surface area contributed by atoms with Gasteiger partial charge in [0.25, 0.3) is 0 Å². The van der Waals surface area contributed by atoms with E-state index in [1.54, 1.807) is 0 Å². The second kappa shape index (κ2) is 7.31. The SMILES string of the molecule is CCOC1CC(N(C)C(=O)CC(C)C2CCCNC2)C1(C)C. The van der Waals surface area contributed by atoms with Crippen LogP contribution in [0.15, 0.2) is 0 Å². The molecule has 1 saturated carbocycles. The standard InChI is InChI=1S/C18H34N2O2/c1-6-22-16-11-15(18(16,3)4)20(5)17(21)10-13(2)14-8-7-9-19-12-14/h13-16,19H,6-12H2,1-5H3. The van der Waals surface area contributed by atoms with Gasteiger partial charge in [0.2, 0.25) is 5.91 Å². The summed E-state index contributed by atoms with van der Waals surface area (Å²) in [5.74, 6) is 1.41. The molecule has 0 radical (unpaired) electrons. The van der Waals surface area contributed by atoms with Gasteiger partial charge in [-0.1, -0.05) is 20.8 Å². The van der Waals surface area contributed by atoms with Gasteiger partial charge in [-0.05, 0) is 51.1 Å². The first kappa shape index (κ1) is 17.7. The summed E-state index contributed by atoms with van der Waals surface area (Å²) in [6, 6.07) is 0.313. The fraction of sp³-hybridized carbons (Fsp3) is 0.944. The van der Waals surface area contributed by atoms with Gasteiger partial charge in [0.15, 0.2) is 0 Å². The first-order valence-electron chi connectivity index (χ1n) is 8.95. The highest BCUT2D eigenvalue weighted by molar-refractivity contribution is 5.76. The zero-order valence-corrected chi connectivity index (χ0v) is 15.0. The Morgan fingerprint density at radius 1 is 1.45 bits per heavy atom. The van der Waals surface area contributed by atoms with Crippen LogP contribution in [0.3, 0.4) is 0 Å². The highest BCUT2D eigenvalue weighted by Crippen LogP contribution is 2.45. The topological polar surface area (TPSA) is 41.6 Å². The molecule has 0 bridgehead atoms. The van der Waals surface area contributed by atoms with Crippen LogP contribution in [0.5, 0.6) is 0 Å². The second-order valence-electron chi connectivity index (χ2n) is 7.81. The third kappa shape index (κ3) is 3.65. The molecule has 22 heavy (non-hydrogen) atoms. The van der Waals surface area contributed by atoms with Gasteiger partial charge in [-0.15, -0.1) is 0 Å². The number of hydrogen-bond acceptors (Lipinski definition) is 3. The van der Waals surface area contributed by atoms with Gasteiger partial charge in [0.05, 0.1) is 6.10 Å². The summed E-state index contributed by atoms with van der Waals surface area (Å²) in [7, 11) is 1.97. The van der Waals surface area contributed by atoms with Crippen LogP contribution in [0.4, 0.5) is 0 Å². The Labute approximate surface area is 136 Å². The van der Waals surface area contributed by atoms with Gasteiger partial charge in [-0.25, -0.2) is 0 Å². The molecule has 0 aromatic rings. The number of nitrogens with one attached hydrogen (secondary N) is 1. The van der Waals surface area contributed by atoms with Crippen LogP contribution < -0.4 is 5.32 Å². The third-order valence-electron chi connectivity index (χ3n) is 5.99. The Bertz CT molecular complexity index is 377. The maximum absolute atomic E-state index is 12.6. The molecule has 1 heterocycles. The number of nitrogens with zero attached hydrogens (tertiary/aromatic N) is 1. The van der Waals surface area contributed by atoms with E-state index in [-0.39, 0.29) is 11.5 Å². The van der Waals surface area contributed by atoms with Crippen molar-refractivity contribution >= 4 is 5.91 Å². The van der Waals surface area contributed by atoms with E-state index in [2.05, 4.69) is 26.1 Å². The maximum atomic E-state index is 12.6. The maximum Gasteiger partial charge on any atom is 0.222 e. The van der Waals surface area contributed by atoms with Crippen molar-refractivity contribution in [3.63, 3.8) is 0 Å². The molecule has 2 fully saturated rings. The first-order chi connectivity index (χ1) is 10.4. The Kier molecular flexibility index (Phi) is 5.89. The second-order valence-corrected chi connectivity index (χ2v) is 7.81. The molecular weight excluding hydrogens is 276 g/mol. The molecule has 2 rings (SSSR count). The smallest absolute Gasteiger partial charge is 0.222 e. The fourth-order valence-electron chi connectivity index (χ4n) is 4.13. The van der Waals surface area contributed by atoms with Crippen LogP contribution in [-0.4, -0.2) is 49.7 Å². The van der Waals surface area contributed by atoms with Gasteiger partial charge < -0.3 is 15.0 Å². The fourth-order valence-corrected chi connectivity index (χ4v) is 4.13. The van der Waals surface area contributed by atoms with Crippen molar-refractivity contribution in [3.8, 4) is 0 Å². The van der Waals surface area contributed by atoms with E-state index in [4.69, 9.17) is 4.74 Å². The minimum absolute atomic E-state index is 0.0655. The Hall–Kier alpha value is -0.610. The van der Waals surface area contributed by atoms with Crippen LogP contribution in [-0.2, 0) is 9.53 Å². The lowest BCUT2D eigenvalue weighted by Crippen LogP contribution is -2.62. The lowest BCUT2D eigenvalue weighted by molar-refractivity contribution is -0.164. The predicted molar refractivity (Wildman–Crippen MR) is 89.7 cm³/mol. The van der Waals surface area contributed by atoms with Gasteiger partial charge in [0, 0.05) is 31.5 Å². The number of ether oxygens (including phenoxy) is 1. The van der Waals surface area contributed by atoms with Crippen molar-refractivity contribution in [2.45, 2.75) is 65.5 Å². The zero-order valence-electron chi connectivity index (χ0n) is 15.0. The molecule has 1 N–H and O–H groups in total. The molecule has 4 nitrogen and oxygen atoms in total. The van der Waals surface area contributed by atoms with E-state index >= 15 is 0 Å². The van der Waals surface area contributed by atoms with Gasteiger partial charge in [0.1, 0.15) is 0 Å². The van der Waals surface area contributed by atoms with Crippen LogP contribution in [0, 0.1) is 17.3 Å². The van der Waals surface area contributed by atoms with E-state index < -0.39 is 0 Å². The average Bonchev–Trinajstić information content (AvgIpc) is 2.51. The Balaban J connectivity index is 1.84. The summed E-state index contributed by atoms with van der Waals surface area (Å²) in [4.78, 5) is 14.6. The van der Waals surface area contributed by atoms with E-state index in [1.807, 2.05) is 18.9 Å². The normalized spacial score (nSPS) is 32.1. The van der Waals surface area contributed by atoms with Crippen LogP contribution in [0.1, 0.15) is 53.4 Å². The highest BCUT2D eigenvalue weighted by Gasteiger charge is 2.51. The molecular formula is C18H34N2O2. The molecule has 0 spiro atoms. The van der Waals surface area contributed by atoms with Crippen molar-refractivity contribution in [1.82, 2.24) is 10.2 Å². The van der Waals surface area contributed by atoms with Crippen LogP contribution in [0.2, 0.25) is 0 Å². The van der Waals surface area contributed by atoms with Crippen LogP contribution in [0.25, 0.3) is 0 Å². The number of rotatable bonds is 6. The lowest BCUT2D eigenvalue weighted by Gasteiger charge is -2.55. The zero-order chi connectivity index (χ0) is 16.3. The van der Waals surface area contributed by atoms with Crippen molar-refractivity contribution in [2.24, 2.45) is 17.3 Å². The number of carbonyl (C=O) groups excluding carboxylic acids is 1. The summed E-state index contributed by atoms with van der Waals surface area (Å²) in [6.45, 7) is 11.7. The van der Waals surface area contributed by atoms with Gasteiger partial charge in [-0.3, -0.25) is 4.79 Å². The summed E-state index contributed by atoms with van der Waals surface area (Å²) < 4.78 is 5.78.